The zero-order valence-corrected chi connectivity index (χ0v) is 19.7. The molecular formula is C27H29N3O4. The highest BCUT2D eigenvalue weighted by atomic mass is 16.5. The zero-order chi connectivity index (χ0) is 23.9. The topological polar surface area (TPSA) is 69.7 Å². The van der Waals surface area contributed by atoms with Gasteiger partial charge in [0.1, 0.15) is 5.75 Å². The fourth-order valence-electron chi connectivity index (χ4n) is 3.69. The van der Waals surface area contributed by atoms with Crippen LogP contribution in [0.25, 0.3) is 5.69 Å². The molecule has 0 N–H and O–H groups in total. The van der Waals surface area contributed by atoms with E-state index < -0.39 is 0 Å². The second kappa shape index (κ2) is 10.9. The number of rotatable bonds is 10. The molecule has 4 rings (SSSR count). The smallest absolute Gasteiger partial charge is 0.289 e. The first-order valence-corrected chi connectivity index (χ1v) is 11.3. The van der Waals surface area contributed by atoms with Crippen molar-refractivity contribution in [3.8, 4) is 17.3 Å². The molecule has 0 atom stereocenters. The number of amides is 1. The predicted molar refractivity (Wildman–Crippen MR) is 130 cm³/mol. The summed E-state index contributed by atoms with van der Waals surface area (Å²) in [6, 6.07) is 21.1. The molecule has 0 aliphatic carbocycles. The van der Waals surface area contributed by atoms with Crippen molar-refractivity contribution < 1.29 is 18.7 Å². The lowest BCUT2D eigenvalue weighted by atomic mass is 10.1. The molecule has 0 radical (unpaired) electrons. The molecule has 0 fully saturated rings. The number of para-hydroxylation sites is 1. The molecule has 0 saturated heterocycles. The fourth-order valence-corrected chi connectivity index (χ4v) is 3.69. The molecule has 7 nitrogen and oxygen atoms in total. The van der Waals surface area contributed by atoms with Crippen LogP contribution >= 0.6 is 0 Å². The van der Waals surface area contributed by atoms with Crippen LogP contribution in [0.5, 0.6) is 11.6 Å². The minimum Gasteiger partial charge on any atom is -0.459 e. The molecule has 2 heterocycles. The van der Waals surface area contributed by atoms with Crippen molar-refractivity contribution >= 4 is 5.91 Å². The van der Waals surface area contributed by atoms with Gasteiger partial charge in [0.25, 0.3) is 5.91 Å². The zero-order valence-electron chi connectivity index (χ0n) is 19.7. The maximum atomic E-state index is 13.2. The molecule has 34 heavy (non-hydrogen) atoms. The van der Waals surface area contributed by atoms with Crippen molar-refractivity contribution in [2.45, 2.75) is 26.8 Å². The molecular weight excluding hydrogens is 430 g/mol. The largest absolute Gasteiger partial charge is 0.459 e. The van der Waals surface area contributed by atoms with Gasteiger partial charge in [0, 0.05) is 13.7 Å². The van der Waals surface area contributed by atoms with Crippen molar-refractivity contribution in [2.24, 2.45) is 0 Å². The van der Waals surface area contributed by atoms with Crippen LogP contribution in [-0.4, -0.2) is 40.8 Å². The van der Waals surface area contributed by atoms with E-state index in [0.29, 0.717) is 37.7 Å². The monoisotopic (exact) mass is 459 g/mol. The number of carbonyl (C=O) groups is 1. The Morgan fingerprint density at radius 2 is 1.82 bits per heavy atom. The number of aromatic nitrogens is 2. The first-order chi connectivity index (χ1) is 16.6. The van der Waals surface area contributed by atoms with Gasteiger partial charge in [-0.3, -0.25) is 4.79 Å². The Balaban J connectivity index is 1.78. The summed E-state index contributed by atoms with van der Waals surface area (Å²) in [4.78, 5) is 14.9. The van der Waals surface area contributed by atoms with E-state index in [9.17, 15) is 4.79 Å². The molecule has 0 bridgehead atoms. The van der Waals surface area contributed by atoms with Crippen molar-refractivity contribution in [1.29, 1.82) is 0 Å². The summed E-state index contributed by atoms with van der Waals surface area (Å²) < 4.78 is 18.9. The second-order valence-corrected chi connectivity index (χ2v) is 7.94. The average molecular weight is 460 g/mol. The molecule has 0 unspecified atom stereocenters. The Labute approximate surface area is 199 Å². The highest BCUT2D eigenvalue weighted by Gasteiger charge is 2.26. The number of nitrogens with zero attached hydrogens (tertiary/aromatic N) is 3. The number of furan rings is 1. The molecule has 176 valence electrons. The van der Waals surface area contributed by atoms with Crippen LogP contribution in [-0.2, 0) is 17.7 Å². The minimum atomic E-state index is -0.210. The van der Waals surface area contributed by atoms with Gasteiger partial charge >= 0.3 is 0 Å². The van der Waals surface area contributed by atoms with Crippen LogP contribution in [0.1, 0.15) is 34.3 Å². The first kappa shape index (κ1) is 23.3. The highest BCUT2D eigenvalue weighted by Crippen LogP contribution is 2.32. The summed E-state index contributed by atoms with van der Waals surface area (Å²) in [6.07, 6.45) is 2.19. The van der Waals surface area contributed by atoms with Crippen molar-refractivity contribution in [1.82, 2.24) is 14.7 Å². The molecule has 4 aromatic rings. The third kappa shape index (κ3) is 5.21. The van der Waals surface area contributed by atoms with Crippen molar-refractivity contribution in [3.63, 3.8) is 0 Å². The predicted octanol–water partition coefficient (Wildman–Crippen LogP) is 5.42. The lowest BCUT2D eigenvalue weighted by molar-refractivity contribution is 0.0648. The van der Waals surface area contributed by atoms with E-state index in [2.05, 4.69) is 0 Å². The highest BCUT2D eigenvalue weighted by molar-refractivity contribution is 5.91. The second-order valence-electron chi connectivity index (χ2n) is 7.94. The van der Waals surface area contributed by atoms with Crippen molar-refractivity contribution in [2.75, 3.05) is 20.3 Å². The van der Waals surface area contributed by atoms with Crippen LogP contribution in [0, 0.1) is 6.92 Å². The van der Waals surface area contributed by atoms with Gasteiger partial charge < -0.3 is 18.8 Å². The molecule has 1 amide bonds. The summed E-state index contributed by atoms with van der Waals surface area (Å²) in [5.74, 6) is 1.36. The Hall–Kier alpha value is -3.84. The Morgan fingerprint density at radius 3 is 2.47 bits per heavy atom. The maximum absolute atomic E-state index is 13.2. The van der Waals surface area contributed by atoms with Gasteiger partial charge in [-0.05, 0) is 49.7 Å². The van der Waals surface area contributed by atoms with Gasteiger partial charge in [0.05, 0.1) is 36.4 Å². The third-order valence-electron chi connectivity index (χ3n) is 5.52. The maximum Gasteiger partial charge on any atom is 0.289 e. The summed E-state index contributed by atoms with van der Waals surface area (Å²) in [5.41, 5.74) is 3.74. The van der Waals surface area contributed by atoms with Gasteiger partial charge in [0.15, 0.2) is 5.76 Å². The van der Waals surface area contributed by atoms with Crippen molar-refractivity contribution in [3.05, 3.63) is 95.6 Å². The van der Waals surface area contributed by atoms with E-state index in [1.807, 2.05) is 68.4 Å². The minimum absolute atomic E-state index is 0.210. The summed E-state index contributed by atoms with van der Waals surface area (Å²) in [7, 11) is 1.62. The Morgan fingerprint density at radius 1 is 1.06 bits per heavy atom. The molecule has 2 aromatic carbocycles. The molecule has 0 aliphatic heterocycles. The van der Waals surface area contributed by atoms with Gasteiger partial charge in [0.2, 0.25) is 5.88 Å². The van der Waals surface area contributed by atoms with Gasteiger partial charge in [-0.15, -0.1) is 0 Å². The average Bonchev–Trinajstić information content (AvgIpc) is 3.52. The lowest BCUT2D eigenvalue weighted by Crippen LogP contribution is -2.33. The molecule has 2 aromatic heterocycles. The van der Waals surface area contributed by atoms with E-state index in [1.54, 1.807) is 28.8 Å². The number of ether oxygens (including phenoxy) is 2. The number of hydrogen-bond donors (Lipinski definition) is 0. The summed E-state index contributed by atoms with van der Waals surface area (Å²) >= 11 is 0. The lowest BCUT2D eigenvalue weighted by Gasteiger charge is -2.22. The summed E-state index contributed by atoms with van der Waals surface area (Å²) in [5, 5.41) is 4.87. The first-order valence-electron chi connectivity index (χ1n) is 11.3. The van der Waals surface area contributed by atoms with Crippen LogP contribution in [0.4, 0.5) is 0 Å². The Bertz CT molecular complexity index is 1200. The quantitative estimate of drug-likeness (QED) is 0.317. The van der Waals surface area contributed by atoms with Crippen LogP contribution in [0.2, 0.25) is 0 Å². The van der Waals surface area contributed by atoms with Gasteiger partial charge in [-0.25, -0.2) is 4.68 Å². The van der Waals surface area contributed by atoms with Crippen LogP contribution in [0.3, 0.4) is 0 Å². The molecule has 0 saturated carbocycles. The number of benzene rings is 2. The Kier molecular flexibility index (Phi) is 7.44. The van der Waals surface area contributed by atoms with Gasteiger partial charge in [-0.2, -0.15) is 5.10 Å². The van der Waals surface area contributed by atoms with Gasteiger partial charge in [-0.1, -0.05) is 42.8 Å². The van der Waals surface area contributed by atoms with Crippen LogP contribution < -0.4 is 4.74 Å². The SMILES string of the molecule is CCc1nn(-c2ccccc2)c(Oc2ccc(C)cc2)c1CN(CCOC)C(=O)c1ccco1. The standard InChI is InChI=1S/C27H29N3O4/c1-4-24-23(19-29(16-18-32-3)26(31)25-11-8-17-33-25)27(34-22-14-12-20(2)13-15-22)30(28-24)21-9-6-5-7-10-21/h5-15,17H,4,16,18-19H2,1-3H3. The number of methoxy groups -OCH3 is 1. The molecule has 0 aliphatic rings. The van der Waals surface area contributed by atoms with Crippen LogP contribution in [0.15, 0.2) is 77.4 Å². The van der Waals surface area contributed by atoms with E-state index in [0.717, 1.165) is 22.5 Å². The number of hydrogen-bond acceptors (Lipinski definition) is 5. The summed E-state index contributed by atoms with van der Waals surface area (Å²) in [6.45, 7) is 5.19. The number of aryl methyl sites for hydroxylation is 2. The van der Waals surface area contributed by atoms with E-state index >= 15 is 0 Å². The van der Waals surface area contributed by atoms with E-state index in [-0.39, 0.29) is 11.7 Å². The van der Waals surface area contributed by atoms with E-state index in [1.165, 1.54) is 6.26 Å². The normalized spacial score (nSPS) is 10.9. The number of carbonyl (C=O) groups excluding carboxylic acids is 1. The fraction of sp³-hybridized carbons (Fsp3) is 0.259. The van der Waals surface area contributed by atoms with E-state index in [4.69, 9.17) is 19.0 Å². The molecule has 0 spiro atoms. The molecule has 7 heteroatoms. The third-order valence-corrected chi connectivity index (χ3v) is 5.52.